The van der Waals surface area contributed by atoms with Crippen molar-refractivity contribution in [1.29, 1.82) is 0 Å². The minimum Gasteiger partial charge on any atom is -0.494 e. The molecule has 3 heterocycles. The van der Waals surface area contributed by atoms with E-state index in [2.05, 4.69) is 13.8 Å². The molecule has 5 rings (SSSR count). The molecule has 0 unspecified atom stereocenters. The van der Waals surface area contributed by atoms with E-state index >= 15 is 0 Å². The van der Waals surface area contributed by atoms with Crippen LogP contribution in [0.25, 0.3) is 22.3 Å². The van der Waals surface area contributed by atoms with Gasteiger partial charge in [-0.15, -0.1) is 0 Å². The molecular formula is C21H21N3O4. The van der Waals surface area contributed by atoms with Gasteiger partial charge in [-0.3, -0.25) is 9.48 Å². The molecule has 1 aromatic carbocycles. The average Bonchev–Trinajstić information content (AvgIpc) is 3.19. The van der Waals surface area contributed by atoms with Gasteiger partial charge in [0.05, 0.1) is 30.6 Å². The lowest BCUT2D eigenvalue weighted by atomic mass is 9.84. The van der Waals surface area contributed by atoms with Crippen LogP contribution in [0.1, 0.15) is 49.1 Å². The van der Waals surface area contributed by atoms with Crippen LogP contribution in [0.5, 0.6) is 5.75 Å². The van der Waals surface area contributed by atoms with Gasteiger partial charge in [-0.1, -0.05) is 26.0 Å². The summed E-state index contributed by atoms with van der Waals surface area (Å²) in [5.74, 6) is -0.512. The number of carboxylic acid groups (broad SMARTS) is 1. The minimum absolute atomic E-state index is 0.0222. The molecule has 3 aromatic rings. The summed E-state index contributed by atoms with van der Waals surface area (Å²) in [7, 11) is 1.62. The van der Waals surface area contributed by atoms with Crippen LogP contribution in [0.15, 0.2) is 35.3 Å². The summed E-state index contributed by atoms with van der Waals surface area (Å²) in [5.41, 5.74) is 1.58. The third-order valence-corrected chi connectivity index (χ3v) is 6.33. The summed E-state index contributed by atoms with van der Waals surface area (Å²) >= 11 is 0. The Morgan fingerprint density at radius 2 is 2.14 bits per heavy atom. The minimum atomic E-state index is -1.20. The Hall–Kier alpha value is -3.09. The Morgan fingerprint density at radius 1 is 1.36 bits per heavy atom. The molecule has 0 saturated heterocycles. The number of aromatic carboxylic acids is 1. The van der Waals surface area contributed by atoms with E-state index in [1.54, 1.807) is 7.11 Å². The number of hydrogen-bond acceptors (Lipinski definition) is 4. The Kier molecular flexibility index (Phi) is 3.33. The van der Waals surface area contributed by atoms with E-state index < -0.39 is 11.4 Å². The molecule has 2 aliphatic rings. The van der Waals surface area contributed by atoms with Gasteiger partial charge in [-0.2, -0.15) is 5.10 Å². The predicted molar refractivity (Wildman–Crippen MR) is 104 cm³/mol. The van der Waals surface area contributed by atoms with Gasteiger partial charge in [0.15, 0.2) is 5.43 Å². The predicted octanol–water partition coefficient (Wildman–Crippen LogP) is 3.49. The van der Waals surface area contributed by atoms with Gasteiger partial charge in [-0.05, 0) is 24.3 Å². The summed E-state index contributed by atoms with van der Waals surface area (Å²) in [5, 5.41) is 15.3. The van der Waals surface area contributed by atoms with Gasteiger partial charge in [0.2, 0.25) is 0 Å². The van der Waals surface area contributed by atoms with Crippen molar-refractivity contribution < 1.29 is 14.6 Å². The van der Waals surface area contributed by atoms with Gasteiger partial charge in [0, 0.05) is 17.6 Å². The Morgan fingerprint density at radius 3 is 2.86 bits per heavy atom. The van der Waals surface area contributed by atoms with Gasteiger partial charge in [0.25, 0.3) is 0 Å². The maximum atomic E-state index is 12.5. The van der Waals surface area contributed by atoms with Gasteiger partial charge >= 0.3 is 5.97 Å². The van der Waals surface area contributed by atoms with Crippen LogP contribution in [0.4, 0.5) is 0 Å². The smallest absolute Gasteiger partial charge is 0.341 e. The van der Waals surface area contributed by atoms with Crippen molar-refractivity contribution in [2.75, 3.05) is 7.11 Å². The van der Waals surface area contributed by atoms with E-state index in [0.29, 0.717) is 11.4 Å². The SMILES string of the molecule is COc1cccc2c3n(nc12)[C@H]1CCC(C)(C)[C@H]1n1cc(C(=O)O)c(=O)cc1-3. The highest BCUT2D eigenvalue weighted by atomic mass is 16.5. The maximum Gasteiger partial charge on any atom is 0.341 e. The number of methoxy groups -OCH3 is 1. The highest BCUT2D eigenvalue weighted by Gasteiger charge is 2.48. The summed E-state index contributed by atoms with van der Waals surface area (Å²) in [6.45, 7) is 4.38. The molecule has 1 aliphatic heterocycles. The Bertz CT molecular complexity index is 1200. The number of pyridine rings is 1. The second kappa shape index (κ2) is 5.47. The van der Waals surface area contributed by atoms with Crippen LogP contribution in [-0.2, 0) is 0 Å². The largest absolute Gasteiger partial charge is 0.494 e. The second-order valence-electron chi connectivity index (χ2n) is 8.34. The summed E-state index contributed by atoms with van der Waals surface area (Å²) in [6, 6.07) is 7.31. The molecule has 0 bridgehead atoms. The molecule has 1 N–H and O–H groups in total. The molecule has 28 heavy (non-hydrogen) atoms. The van der Waals surface area contributed by atoms with Crippen LogP contribution in [0.3, 0.4) is 0 Å². The fourth-order valence-corrected chi connectivity index (χ4v) is 5.05. The lowest BCUT2D eigenvalue weighted by molar-refractivity contribution is 0.0693. The fourth-order valence-electron chi connectivity index (χ4n) is 5.05. The number of aromatic nitrogens is 3. The molecule has 0 amide bonds. The highest BCUT2D eigenvalue weighted by Crippen LogP contribution is 2.56. The molecule has 7 nitrogen and oxygen atoms in total. The lowest BCUT2D eigenvalue weighted by Gasteiger charge is -2.39. The maximum absolute atomic E-state index is 12.5. The van der Waals surface area contributed by atoms with Crippen LogP contribution in [0, 0.1) is 5.41 Å². The zero-order valence-corrected chi connectivity index (χ0v) is 16.0. The first kappa shape index (κ1) is 17.0. The van der Waals surface area contributed by atoms with E-state index in [0.717, 1.165) is 29.4 Å². The first-order valence-corrected chi connectivity index (χ1v) is 9.38. The van der Waals surface area contributed by atoms with Crippen molar-refractivity contribution in [2.24, 2.45) is 5.41 Å². The molecule has 1 saturated carbocycles. The normalized spacial score (nSPS) is 21.8. The number of benzene rings is 1. The molecule has 0 radical (unpaired) electrons. The zero-order chi connectivity index (χ0) is 19.8. The van der Waals surface area contributed by atoms with Crippen LogP contribution in [0.2, 0.25) is 0 Å². The lowest BCUT2D eigenvalue weighted by Crippen LogP contribution is -2.35. The molecule has 2 aromatic heterocycles. The highest BCUT2D eigenvalue weighted by molar-refractivity contribution is 5.97. The number of fused-ring (bicyclic) bond motifs is 8. The standard InChI is InChI=1S/C21H21N3O4/c1-21(2)8-7-13-19(21)23-10-12(20(26)27)15(25)9-14(23)18-11-5-4-6-16(28-3)17(11)22-24(13)18/h4-6,9-10,13,19H,7-8H2,1-3H3,(H,26,27)/t13-,19-/m0/s1. The Labute approximate surface area is 161 Å². The quantitative estimate of drug-likeness (QED) is 0.737. The van der Waals surface area contributed by atoms with Crippen LogP contribution < -0.4 is 10.2 Å². The van der Waals surface area contributed by atoms with E-state index in [1.165, 1.54) is 12.3 Å². The second-order valence-corrected chi connectivity index (χ2v) is 8.34. The van der Waals surface area contributed by atoms with Crippen LogP contribution >= 0.6 is 0 Å². The van der Waals surface area contributed by atoms with Gasteiger partial charge in [-0.25, -0.2) is 4.79 Å². The van der Waals surface area contributed by atoms with Crippen molar-refractivity contribution in [3.05, 3.63) is 46.2 Å². The summed E-state index contributed by atoms with van der Waals surface area (Å²) < 4.78 is 9.53. The number of carbonyl (C=O) groups is 1. The third kappa shape index (κ3) is 2.07. The number of ether oxygens (including phenoxy) is 1. The van der Waals surface area contributed by atoms with Crippen LogP contribution in [-0.4, -0.2) is 32.5 Å². The summed E-state index contributed by atoms with van der Waals surface area (Å²) in [4.78, 5) is 24.1. The molecule has 7 heteroatoms. The first-order valence-electron chi connectivity index (χ1n) is 9.38. The topological polar surface area (TPSA) is 86.3 Å². The molecule has 1 fully saturated rings. The third-order valence-electron chi connectivity index (χ3n) is 6.33. The van der Waals surface area contributed by atoms with Gasteiger partial charge < -0.3 is 14.4 Å². The molecule has 0 spiro atoms. The number of nitrogens with zero attached hydrogens (tertiary/aromatic N) is 3. The molecule has 1 aliphatic carbocycles. The fraction of sp³-hybridized carbons (Fsp3) is 0.381. The van der Waals surface area contributed by atoms with E-state index in [1.807, 2.05) is 27.4 Å². The van der Waals surface area contributed by atoms with E-state index in [4.69, 9.17) is 9.84 Å². The number of carboxylic acids is 1. The Balaban J connectivity index is 1.91. The average molecular weight is 379 g/mol. The zero-order valence-electron chi connectivity index (χ0n) is 16.0. The molecule has 144 valence electrons. The van der Waals surface area contributed by atoms with Gasteiger partial charge in [0.1, 0.15) is 16.8 Å². The molecule has 2 atom stereocenters. The van der Waals surface area contributed by atoms with E-state index in [9.17, 15) is 14.7 Å². The van der Waals surface area contributed by atoms with Crippen molar-refractivity contribution in [2.45, 2.75) is 38.8 Å². The number of hydrogen-bond donors (Lipinski definition) is 1. The van der Waals surface area contributed by atoms with Crippen molar-refractivity contribution in [3.8, 4) is 17.1 Å². The monoisotopic (exact) mass is 379 g/mol. The van der Waals surface area contributed by atoms with Crippen molar-refractivity contribution in [3.63, 3.8) is 0 Å². The summed E-state index contributed by atoms with van der Waals surface area (Å²) in [6.07, 6.45) is 3.45. The first-order chi connectivity index (χ1) is 13.3. The van der Waals surface area contributed by atoms with Crippen molar-refractivity contribution in [1.82, 2.24) is 14.3 Å². The van der Waals surface area contributed by atoms with Crippen molar-refractivity contribution >= 4 is 16.9 Å². The van der Waals surface area contributed by atoms with E-state index in [-0.39, 0.29) is 23.1 Å². The number of rotatable bonds is 2. The molecular weight excluding hydrogens is 358 g/mol.